The normalized spacial score (nSPS) is 14.9. The van der Waals surface area contributed by atoms with Crippen molar-refractivity contribution in [3.8, 4) is 5.75 Å². The average Bonchev–Trinajstić information content (AvgIpc) is 2.97. The minimum absolute atomic E-state index is 0.153. The number of nitrogens with zero attached hydrogens (tertiary/aromatic N) is 1. The molecule has 6 heteroatoms. The summed E-state index contributed by atoms with van der Waals surface area (Å²) in [5.41, 5.74) is 1.26. The van der Waals surface area contributed by atoms with E-state index in [1.54, 1.807) is 37.4 Å². The molecule has 142 valence electrons. The van der Waals surface area contributed by atoms with Gasteiger partial charge in [0.1, 0.15) is 11.4 Å². The van der Waals surface area contributed by atoms with Crippen molar-refractivity contribution in [1.82, 2.24) is 10.3 Å². The van der Waals surface area contributed by atoms with Crippen LogP contribution < -0.4 is 15.4 Å². The number of methoxy groups -OCH3 is 1. The van der Waals surface area contributed by atoms with Gasteiger partial charge in [0.15, 0.2) is 0 Å². The first kappa shape index (κ1) is 18.9. The van der Waals surface area contributed by atoms with Gasteiger partial charge in [-0.05, 0) is 37.1 Å². The molecule has 0 radical (unpaired) electrons. The number of hydrogen-bond acceptors (Lipinski definition) is 4. The molecule has 0 spiro atoms. The van der Waals surface area contributed by atoms with E-state index in [-0.39, 0.29) is 23.6 Å². The van der Waals surface area contributed by atoms with E-state index >= 15 is 0 Å². The number of nitrogens with one attached hydrogen (secondary N) is 2. The molecule has 6 nitrogen and oxygen atoms in total. The quantitative estimate of drug-likeness (QED) is 0.788. The Balaban J connectivity index is 1.66. The summed E-state index contributed by atoms with van der Waals surface area (Å²) in [4.78, 5) is 29.1. The van der Waals surface area contributed by atoms with Gasteiger partial charge >= 0.3 is 0 Å². The van der Waals surface area contributed by atoms with E-state index in [0.29, 0.717) is 17.0 Å². The predicted molar refractivity (Wildman–Crippen MR) is 104 cm³/mol. The zero-order chi connectivity index (χ0) is 19.1. The second-order valence-electron chi connectivity index (χ2n) is 6.78. The first-order chi connectivity index (χ1) is 13.2. The summed E-state index contributed by atoms with van der Waals surface area (Å²) in [6, 6.07) is 10.5. The van der Waals surface area contributed by atoms with Gasteiger partial charge in [-0.2, -0.15) is 0 Å². The molecule has 0 saturated heterocycles. The number of benzene rings is 1. The molecule has 3 rings (SSSR count). The topological polar surface area (TPSA) is 80.3 Å². The van der Waals surface area contributed by atoms with Crippen LogP contribution in [-0.2, 0) is 0 Å². The van der Waals surface area contributed by atoms with Crippen molar-refractivity contribution in [3.63, 3.8) is 0 Å². The fourth-order valence-electron chi connectivity index (χ4n) is 3.28. The summed E-state index contributed by atoms with van der Waals surface area (Å²) in [5.74, 6) is 0.129. The van der Waals surface area contributed by atoms with Crippen molar-refractivity contribution in [2.45, 2.75) is 44.6 Å². The highest BCUT2D eigenvalue weighted by atomic mass is 16.5. The van der Waals surface area contributed by atoms with E-state index in [4.69, 9.17) is 4.74 Å². The van der Waals surface area contributed by atoms with Gasteiger partial charge in [-0.3, -0.25) is 14.6 Å². The van der Waals surface area contributed by atoms with Gasteiger partial charge in [0, 0.05) is 29.6 Å². The van der Waals surface area contributed by atoms with E-state index < -0.39 is 0 Å². The minimum Gasteiger partial charge on any atom is -0.497 e. The van der Waals surface area contributed by atoms with Crippen LogP contribution in [0, 0.1) is 0 Å². The molecule has 1 aromatic heterocycles. The van der Waals surface area contributed by atoms with E-state index in [9.17, 15) is 9.59 Å². The highest BCUT2D eigenvalue weighted by Gasteiger charge is 2.17. The molecule has 1 heterocycles. The van der Waals surface area contributed by atoms with Crippen LogP contribution in [0.1, 0.15) is 59.4 Å². The number of pyridine rings is 1. The molecule has 0 atom stereocenters. The number of carbonyl (C=O) groups excluding carboxylic acids is 2. The molecule has 1 saturated carbocycles. The number of anilines is 1. The lowest BCUT2D eigenvalue weighted by Crippen LogP contribution is -2.34. The number of amides is 2. The molecule has 0 unspecified atom stereocenters. The van der Waals surface area contributed by atoms with Crippen LogP contribution in [0.25, 0.3) is 0 Å². The number of rotatable bonds is 5. The van der Waals surface area contributed by atoms with Crippen LogP contribution >= 0.6 is 0 Å². The minimum atomic E-state index is -0.368. The molecular weight excluding hydrogens is 342 g/mol. The molecule has 0 aliphatic heterocycles. The Morgan fingerprint density at radius 3 is 2.56 bits per heavy atom. The highest BCUT2D eigenvalue weighted by molar-refractivity contribution is 6.04. The van der Waals surface area contributed by atoms with Gasteiger partial charge in [-0.15, -0.1) is 0 Å². The third kappa shape index (κ3) is 5.29. The van der Waals surface area contributed by atoms with Crippen molar-refractivity contribution >= 4 is 17.5 Å². The lowest BCUT2D eigenvalue weighted by Gasteiger charge is -2.16. The third-order valence-electron chi connectivity index (χ3n) is 4.77. The molecule has 1 aliphatic rings. The smallest absolute Gasteiger partial charge is 0.274 e. The van der Waals surface area contributed by atoms with Crippen LogP contribution in [0.2, 0.25) is 0 Å². The Morgan fingerprint density at radius 2 is 1.81 bits per heavy atom. The summed E-state index contributed by atoms with van der Waals surface area (Å²) in [7, 11) is 1.57. The molecular formula is C21H25N3O3. The highest BCUT2D eigenvalue weighted by Crippen LogP contribution is 2.19. The lowest BCUT2D eigenvalue weighted by molar-refractivity contribution is 0.0933. The molecule has 2 aromatic rings. The summed E-state index contributed by atoms with van der Waals surface area (Å²) < 4.78 is 5.15. The van der Waals surface area contributed by atoms with Crippen molar-refractivity contribution < 1.29 is 14.3 Å². The number of carbonyl (C=O) groups is 2. The summed E-state index contributed by atoms with van der Waals surface area (Å²) in [5, 5.41) is 5.87. The zero-order valence-corrected chi connectivity index (χ0v) is 15.5. The molecule has 2 N–H and O–H groups in total. The van der Waals surface area contributed by atoms with E-state index in [0.717, 1.165) is 25.7 Å². The number of ether oxygens (including phenoxy) is 1. The Morgan fingerprint density at radius 1 is 1.04 bits per heavy atom. The van der Waals surface area contributed by atoms with Gasteiger partial charge in [0.05, 0.1) is 7.11 Å². The Labute approximate surface area is 159 Å². The molecule has 1 aliphatic carbocycles. The van der Waals surface area contributed by atoms with Gasteiger partial charge < -0.3 is 15.4 Å². The Bertz CT molecular complexity index is 799. The first-order valence-electron chi connectivity index (χ1n) is 9.38. The van der Waals surface area contributed by atoms with Gasteiger partial charge in [0.25, 0.3) is 11.8 Å². The van der Waals surface area contributed by atoms with Crippen molar-refractivity contribution in [2.24, 2.45) is 0 Å². The fourth-order valence-corrected chi connectivity index (χ4v) is 3.28. The molecule has 1 fully saturated rings. The maximum Gasteiger partial charge on any atom is 0.274 e. The van der Waals surface area contributed by atoms with Crippen molar-refractivity contribution in [1.29, 1.82) is 0 Å². The number of hydrogen-bond donors (Lipinski definition) is 2. The molecule has 1 aromatic carbocycles. The van der Waals surface area contributed by atoms with E-state index in [2.05, 4.69) is 15.6 Å². The van der Waals surface area contributed by atoms with Crippen LogP contribution in [-0.4, -0.2) is 29.9 Å². The first-order valence-corrected chi connectivity index (χ1v) is 9.38. The summed E-state index contributed by atoms with van der Waals surface area (Å²) in [6.07, 6.45) is 8.28. The second kappa shape index (κ2) is 9.16. The fraction of sp³-hybridized carbons (Fsp3) is 0.381. The van der Waals surface area contributed by atoms with Gasteiger partial charge in [-0.25, -0.2) is 0 Å². The van der Waals surface area contributed by atoms with Gasteiger partial charge in [-0.1, -0.05) is 31.7 Å². The maximum absolute atomic E-state index is 12.6. The summed E-state index contributed by atoms with van der Waals surface area (Å²) >= 11 is 0. The SMILES string of the molecule is COc1cccc(NC(=O)c2cc(C(=O)NC3CCCCCC3)ccn2)c1. The number of aromatic nitrogens is 1. The van der Waals surface area contributed by atoms with E-state index in [1.807, 2.05) is 0 Å². The largest absolute Gasteiger partial charge is 0.497 e. The average molecular weight is 367 g/mol. The molecule has 2 amide bonds. The van der Waals surface area contributed by atoms with Gasteiger partial charge in [0.2, 0.25) is 0 Å². The summed E-state index contributed by atoms with van der Waals surface area (Å²) in [6.45, 7) is 0. The van der Waals surface area contributed by atoms with Crippen LogP contribution in [0.3, 0.4) is 0 Å². The van der Waals surface area contributed by atoms with Crippen molar-refractivity contribution in [2.75, 3.05) is 12.4 Å². The molecule has 27 heavy (non-hydrogen) atoms. The van der Waals surface area contributed by atoms with Crippen molar-refractivity contribution in [3.05, 3.63) is 53.9 Å². The Kier molecular flexibility index (Phi) is 6.41. The van der Waals surface area contributed by atoms with Crippen LogP contribution in [0.4, 0.5) is 5.69 Å². The molecule has 0 bridgehead atoms. The Hall–Kier alpha value is -2.89. The zero-order valence-electron chi connectivity index (χ0n) is 15.5. The third-order valence-corrected chi connectivity index (χ3v) is 4.77. The monoisotopic (exact) mass is 367 g/mol. The predicted octanol–water partition coefficient (Wildman–Crippen LogP) is 3.80. The van der Waals surface area contributed by atoms with Crippen LogP contribution in [0.15, 0.2) is 42.6 Å². The lowest BCUT2D eigenvalue weighted by atomic mass is 10.1. The van der Waals surface area contributed by atoms with Crippen LogP contribution in [0.5, 0.6) is 5.75 Å². The second-order valence-corrected chi connectivity index (χ2v) is 6.78. The maximum atomic E-state index is 12.6. The van der Waals surface area contributed by atoms with E-state index in [1.165, 1.54) is 25.1 Å². The standard InChI is InChI=1S/C21H25N3O3/c1-27-18-10-6-9-17(14-18)24-21(26)19-13-15(11-12-22-19)20(25)23-16-7-4-2-3-5-8-16/h6,9-14,16H,2-5,7-8H2,1H3,(H,23,25)(H,24,26).